The Morgan fingerprint density at radius 3 is 2.58 bits per heavy atom. The van der Waals surface area contributed by atoms with Crippen LogP contribution in [0.3, 0.4) is 0 Å². The number of hydrogen-bond acceptors (Lipinski definition) is 4. The molecule has 0 bridgehead atoms. The number of nitrogens with one attached hydrogen (secondary N) is 1. The number of urea groups is 1. The molecule has 0 aliphatic carbocycles. The number of hydrogen-bond donors (Lipinski definition) is 2. The van der Waals surface area contributed by atoms with Gasteiger partial charge in [-0.1, -0.05) is 6.92 Å². The Morgan fingerprint density at radius 1 is 1.47 bits per heavy atom. The summed E-state index contributed by atoms with van der Waals surface area (Å²) in [6.45, 7) is 3.54. The van der Waals surface area contributed by atoms with Crippen molar-refractivity contribution in [3.63, 3.8) is 0 Å². The third-order valence-corrected chi connectivity index (χ3v) is 3.55. The minimum absolute atomic E-state index is 0.255. The zero-order chi connectivity index (χ0) is 14.6. The smallest absolute Gasteiger partial charge is 0.329 e. The Morgan fingerprint density at radius 2 is 2.11 bits per heavy atom. The molecular formula is C12H20N2O5. The molecule has 19 heavy (non-hydrogen) atoms. The predicted octanol–water partition coefficient (Wildman–Crippen LogP) is 0.587. The maximum Gasteiger partial charge on any atom is 0.329 e. The van der Waals surface area contributed by atoms with Gasteiger partial charge in [0.2, 0.25) is 0 Å². The molecular weight excluding hydrogens is 252 g/mol. The van der Waals surface area contributed by atoms with Crippen LogP contribution < -0.4 is 5.32 Å². The molecule has 1 fully saturated rings. The molecule has 7 heteroatoms. The van der Waals surface area contributed by atoms with Gasteiger partial charge in [-0.05, 0) is 26.2 Å². The first kappa shape index (κ1) is 15.3. The monoisotopic (exact) mass is 272 g/mol. The molecule has 108 valence electrons. The zero-order valence-corrected chi connectivity index (χ0v) is 11.4. The average Bonchev–Trinajstić information content (AvgIpc) is 2.86. The minimum Gasteiger partial charge on any atom is -0.480 e. The number of aliphatic carboxylic acids is 1. The minimum atomic E-state index is -1.33. The van der Waals surface area contributed by atoms with E-state index >= 15 is 0 Å². The Labute approximate surface area is 111 Å². The molecule has 1 saturated heterocycles. The van der Waals surface area contributed by atoms with Crippen LogP contribution in [0.5, 0.6) is 0 Å². The first-order valence-electron chi connectivity index (χ1n) is 6.25. The Hall–Kier alpha value is -1.79. The zero-order valence-electron chi connectivity index (χ0n) is 11.4. The summed E-state index contributed by atoms with van der Waals surface area (Å²) in [6, 6.07) is -1.17. The van der Waals surface area contributed by atoms with E-state index < -0.39 is 29.6 Å². The molecule has 1 aliphatic heterocycles. The van der Waals surface area contributed by atoms with Crippen LogP contribution in [-0.2, 0) is 14.3 Å². The molecule has 2 amide bonds. The summed E-state index contributed by atoms with van der Waals surface area (Å²) in [6.07, 6.45) is 1.49. The van der Waals surface area contributed by atoms with Gasteiger partial charge < -0.3 is 20.1 Å². The molecule has 0 saturated carbocycles. The van der Waals surface area contributed by atoms with Gasteiger partial charge in [0, 0.05) is 6.54 Å². The van der Waals surface area contributed by atoms with Crippen molar-refractivity contribution >= 4 is 18.0 Å². The van der Waals surface area contributed by atoms with Gasteiger partial charge in [0.1, 0.15) is 11.6 Å². The van der Waals surface area contributed by atoms with E-state index in [-0.39, 0.29) is 6.42 Å². The van der Waals surface area contributed by atoms with Crippen molar-refractivity contribution in [2.24, 2.45) is 0 Å². The lowest BCUT2D eigenvalue weighted by molar-refractivity contribution is -0.145. The normalized spacial score (nSPS) is 21.6. The van der Waals surface area contributed by atoms with E-state index in [4.69, 9.17) is 5.11 Å². The van der Waals surface area contributed by atoms with Crippen LogP contribution in [0.25, 0.3) is 0 Å². The van der Waals surface area contributed by atoms with Crippen molar-refractivity contribution in [1.82, 2.24) is 10.2 Å². The van der Waals surface area contributed by atoms with Crippen LogP contribution in [0.4, 0.5) is 4.79 Å². The van der Waals surface area contributed by atoms with E-state index in [0.717, 1.165) is 0 Å². The highest BCUT2D eigenvalue weighted by molar-refractivity contribution is 5.88. The van der Waals surface area contributed by atoms with Crippen molar-refractivity contribution in [1.29, 1.82) is 0 Å². The molecule has 2 N–H and O–H groups in total. The Balaban J connectivity index is 2.77. The fourth-order valence-corrected chi connectivity index (χ4v) is 1.99. The van der Waals surface area contributed by atoms with Gasteiger partial charge in [0.15, 0.2) is 0 Å². The summed E-state index contributed by atoms with van der Waals surface area (Å²) >= 11 is 0. The van der Waals surface area contributed by atoms with Crippen molar-refractivity contribution in [3.8, 4) is 0 Å². The third kappa shape index (κ3) is 3.15. The highest BCUT2D eigenvalue weighted by Gasteiger charge is 2.39. The lowest BCUT2D eigenvalue weighted by Crippen LogP contribution is -2.57. The molecule has 0 aromatic carbocycles. The summed E-state index contributed by atoms with van der Waals surface area (Å²) in [5.41, 5.74) is -1.33. The van der Waals surface area contributed by atoms with Gasteiger partial charge in [-0.2, -0.15) is 0 Å². The molecule has 0 aromatic rings. The van der Waals surface area contributed by atoms with Crippen molar-refractivity contribution < 1.29 is 24.2 Å². The number of methoxy groups -OCH3 is 1. The van der Waals surface area contributed by atoms with E-state index in [1.807, 2.05) is 0 Å². The number of carboxylic acids is 1. The van der Waals surface area contributed by atoms with Crippen molar-refractivity contribution in [2.45, 2.75) is 44.7 Å². The van der Waals surface area contributed by atoms with Crippen LogP contribution >= 0.6 is 0 Å². The number of rotatable bonds is 4. The molecule has 2 unspecified atom stereocenters. The lowest BCUT2D eigenvalue weighted by atomic mass is 10.00. The van der Waals surface area contributed by atoms with E-state index in [1.165, 1.54) is 18.9 Å². The van der Waals surface area contributed by atoms with Crippen LogP contribution in [0.2, 0.25) is 0 Å². The quantitative estimate of drug-likeness (QED) is 0.730. The predicted molar refractivity (Wildman–Crippen MR) is 66.6 cm³/mol. The first-order valence-corrected chi connectivity index (χ1v) is 6.25. The number of amides is 2. The lowest BCUT2D eigenvalue weighted by Gasteiger charge is -2.30. The SMILES string of the molecule is CCC(C)(NC(=O)N1CCCC1C(=O)OC)C(=O)O. The van der Waals surface area contributed by atoms with Gasteiger partial charge in [0.05, 0.1) is 7.11 Å². The second-order valence-electron chi connectivity index (χ2n) is 4.80. The van der Waals surface area contributed by atoms with Gasteiger partial charge in [-0.3, -0.25) is 0 Å². The van der Waals surface area contributed by atoms with Gasteiger partial charge >= 0.3 is 18.0 Å². The number of esters is 1. The number of carbonyl (C=O) groups is 3. The number of nitrogens with zero attached hydrogens (tertiary/aromatic N) is 1. The highest BCUT2D eigenvalue weighted by atomic mass is 16.5. The summed E-state index contributed by atoms with van der Waals surface area (Å²) in [5.74, 6) is -1.57. The average molecular weight is 272 g/mol. The number of carboxylic acid groups (broad SMARTS) is 1. The van der Waals surface area contributed by atoms with Gasteiger partial charge in [-0.15, -0.1) is 0 Å². The largest absolute Gasteiger partial charge is 0.480 e. The summed E-state index contributed by atoms with van der Waals surface area (Å²) in [7, 11) is 1.27. The van der Waals surface area contributed by atoms with Crippen molar-refractivity contribution in [3.05, 3.63) is 0 Å². The molecule has 7 nitrogen and oxygen atoms in total. The van der Waals surface area contributed by atoms with Gasteiger partial charge in [0.25, 0.3) is 0 Å². The molecule has 0 aromatic heterocycles. The molecule has 2 atom stereocenters. The molecule has 0 radical (unpaired) electrons. The van der Waals surface area contributed by atoms with Crippen LogP contribution in [-0.4, -0.2) is 53.2 Å². The number of ether oxygens (including phenoxy) is 1. The maximum absolute atomic E-state index is 12.1. The van der Waals surface area contributed by atoms with Gasteiger partial charge in [-0.25, -0.2) is 14.4 Å². The number of carbonyl (C=O) groups excluding carboxylic acids is 2. The first-order chi connectivity index (χ1) is 8.85. The van der Waals surface area contributed by atoms with E-state index in [9.17, 15) is 14.4 Å². The van der Waals surface area contributed by atoms with Crippen molar-refractivity contribution in [2.75, 3.05) is 13.7 Å². The van der Waals surface area contributed by atoms with Crippen LogP contribution in [0.15, 0.2) is 0 Å². The topological polar surface area (TPSA) is 95.9 Å². The fraction of sp³-hybridized carbons (Fsp3) is 0.750. The molecule has 1 heterocycles. The summed E-state index contributed by atoms with van der Waals surface area (Å²) in [4.78, 5) is 36.1. The van der Waals surface area contributed by atoms with E-state index in [2.05, 4.69) is 10.1 Å². The van der Waals surface area contributed by atoms with Crippen LogP contribution in [0.1, 0.15) is 33.1 Å². The highest BCUT2D eigenvalue weighted by Crippen LogP contribution is 2.20. The second kappa shape index (κ2) is 5.90. The standard InChI is InChI=1S/C12H20N2O5/c1-4-12(2,10(16)17)13-11(18)14-7-5-6-8(14)9(15)19-3/h8H,4-7H2,1-3H3,(H,13,18)(H,16,17). The number of likely N-dealkylation sites (tertiary alicyclic amines) is 1. The summed E-state index contributed by atoms with van der Waals surface area (Å²) < 4.78 is 4.64. The summed E-state index contributed by atoms with van der Waals surface area (Å²) in [5, 5.41) is 11.6. The fourth-order valence-electron chi connectivity index (χ4n) is 1.99. The Bertz CT molecular complexity index is 384. The maximum atomic E-state index is 12.1. The van der Waals surface area contributed by atoms with Crippen LogP contribution in [0, 0.1) is 0 Å². The van der Waals surface area contributed by atoms with E-state index in [0.29, 0.717) is 19.4 Å². The second-order valence-corrected chi connectivity index (χ2v) is 4.80. The Kier molecular flexibility index (Phi) is 4.74. The molecule has 0 spiro atoms. The molecule has 1 aliphatic rings. The third-order valence-electron chi connectivity index (χ3n) is 3.55. The van der Waals surface area contributed by atoms with E-state index in [1.54, 1.807) is 6.92 Å². The molecule has 1 rings (SSSR count).